The van der Waals surface area contributed by atoms with Crippen LogP contribution in [0.25, 0.3) is 6.08 Å². The van der Waals surface area contributed by atoms with E-state index in [0.29, 0.717) is 6.61 Å². The number of para-hydroxylation sites is 2. The highest BCUT2D eigenvalue weighted by atomic mass is 16.5. The first kappa shape index (κ1) is 15.8. The molecule has 3 heteroatoms. The molecule has 0 aliphatic rings. The van der Waals surface area contributed by atoms with Crippen LogP contribution >= 0.6 is 0 Å². The molecular weight excluding hydrogens is 274 g/mol. The van der Waals surface area contributed by atoms with Crippen molar-refractivity contribution in [2.45, 2.75) is 20.3 Å². The van der Waals surface area contributed by atoms with E-state index < -0.39 is 0 Å². The number of nitrogens with one attached hydrogen (secondary N) is 1. The first-order valence-electron chi connectivity index (χ1n) is 7.47. The zero-order chi connectivity index (χ0) is 15.8. The van der Waals surface area contributed by atoms with Crippen LogP contribution in [0.4, 0.5) is 5.69 Å². The minimum absolute atomic E-state index is 0.153. The fourth-order valence-corrected chi connectivity index (χ4v) is 2.01. The molecule has 2 aromatic carbocycles. The predicted octanol–water partition coefficient (Wildman–Crippen LogP) is 4.44. The molecule has 1 N–H and O–H groups in total. The Morgan fingerprint density at radius 1 is 1.14 bits per heavy atom. The summed E-state index contributed by atoms with van der Waals surface area (Å²) in [7, 11) is 0. The summed E-state index contributed by atoms with van der Waals surface area (Å²) in [6.07, 6.45) is 4.25. The van der Waals surface area contributed by atoms with Gasteiger partial charge in [0.1, 0.15) is 5.75 Å². The lowest BCUT2D eigenvalue weighted by Crippen LogP contribution is -2.08. The van der Waals surface area contributed by atoms with Gasteiger partial charge in [0.15, 0.2) is 0 Å². The van der Waals surface area contributed by atoms with Crippen molar-refractivity contribution in [2.75, 3.05) is 11.9 Å². The van der Waals surface area contributed by atoms with Gasteiger partial charge in [-0.1, -0.05) is 43.3 Å². The Balaban J connectivity index is 2.05. The topological polar surface area (TPSA) is 38.3 Å². The van der Waals surface area contributed by atoms with E-state index in [1.165, 1.54) is 6.08 Å². The Bertz CT molecular complexity index is 662. The zero-order valence-electron chi connectivity index (χ0n) is 13.0. The number of carbonyl (C=O) groups excluding carboxylic acids is 1. The van der Waals surface area contributed by atoms with Crippen LogP contribution < -0.4 is 10.1 Å². The van der Waals surface area contributed by atoms with Crippen molar-refractivity contribution in [1.82, 2.24) is 0 Å². The monoisotopic (exact) mass is 295 g/mol. The van der Waals surface area contributed by atoms with E-state index in [-0.39, 0.29) is 5.91 Å². The second kappa shape index (κ2) is 8.03. The molecule has 0 unspecified atom stereocenters. The summed E-state index contributed by atoms with van der Waals surface area (Å²) in [4.78, 5) is 12.0. The number of anilines is 1. The number of ether oxygens (including phenoxy) is 1. The predicted molar refractivity (Wildman–Crippen MR) is 91.1 cm³/mol. The molecule has 2 aromatic rings. The van der Waals surface area contributed by atoms with Gasteiger partial charge in [-0.05, 0) is 37.1 Å². The molecule has 114 valence electrons. The second-order valence-electron chi connectivity index (χ2n) is 5.02. The molecular formula is C19H21NO2. The number of hydrogen-bond donors (Lipinski definition) is 1. The van der Waals surface area contributed by atoms with E-state index in [1.54, 1.807) is 6.08 Å². The average molecular weight is 295 g/mol. The molecule has 0 heterocycles. The van der Waals surface area contributed by atoms with Gasteiger partial charge in [-0.15, -0.1) is 0 Å². The Morgan fingerprint density at radius 3 is 2.64 bits per heavy atom. The van der Waals surface area contributed by atoms with Gasteiger partial charge in [0.2, 0.25) is 5.91 Å². The van der Waals surface area contributed by atoms with Gasteiger partial charge in [0, 0.05) is 17.3 Å². The third-order valence-electron chi connectivity index (χ3n) is 3.20. The van der Waals surface area contributed by atoms with Gasteiger partial charge >= 0.3 is 0 Å². The molecule has 0 aliphatic carbocycles. The van der Waals surface area contributed by atoms with Gasteiger partial charge in [-0.25, -0.2) is 0 Å². The van der Waals surface area contributed by atoms with Crippen molar-refractivity contribution in [3.63, 3.8) is 0 Å². The van der Waals surface area contributed by atoms with Crippen LogP contribution in [-0.2, 0) is 4.79 Å². The van der Waals surface area contributed by atoms with Crippen LogP contribution in [0.3, 0.4) is 0 Å². The number of aryl methyl sites for hydroxylation is 1. The Morgan fingerprint density at radius 2 is 1.86 bits per heavy atom. The molecule has 2 rings (SSSR count). The van der Waals surface area contributed by atoms with Crippen LogP contribution in [-0.4, -0.2) is 12.5 Å². The molecule has 0 spiro atoms. The van der Waals surface area contributed by atoms with Crippen LogP contribution in [0.1, 0.15) is 24.5 Å². The summed E-state index contributed by atoms with van der Waals surface area (Å²) in [5.41, 5.74) is 2.76. The SMILES string of the molecule is CCCOc1ccccc1C=CC(=O)Nc1ccccc1C. The van der Waals surface area contributed by atoms with E-state index in [9.17, 15) is 4.79 Å². The number of rotatable bonds is 6. The Labute approximate surface area is 131 Å². The number of hydrogen-bond acceptors (Lipinski definition) is 2. The first-order valence-corrected chi connectivity index (χ1v) is 7.47. The first-order chi connectivity index (χ1) is 10.7. The molecule has 1 amide bonds. The normalized spacial score (nSPS) is 10.6. The van der Waals surface area contributed by atoms with Gasteiger partial charge in [0.05, 0.1) is 6.61 Å². The number of amides is 1. The lowest BCUT2D eigenvalue weighted by Gasteiger charge is -2.08. The second-order valence-corrected chi connectivity index (χ2v) is 5.02. The maximum Gasteiger partial charge on any atom is 0.248 e. The smallest absolute Gasteiger partial charge is 0.248 e. The lowest BCUT2D eigenvalue weighted by molar-refractivity contribution is -0.111. The molecule has 0 bridgehead atoms. The molecule has 0 radical (unpaired) electrons. The zero-order valence-corrected chi connectivity index (χ0v) is 13.0. The average Bonchev–Trinajstić information content (AvgIpc) is 2.54. The molecule has 0 saturated carbocycles. The molecule has 3 nitrogen and oxygen atoms in total. The highest BCUT2D eigenvalue weighted by Gasteiger charge is 2.02. The summed E-state index contributed by atoms with van der Waals surface area (Å²) in [5, 5.41) is 2.88. The largest absolute Gasteiger partial charge is 0.493 e. The quantitative estimate of drug-likeness (QED) is 0.800. The van der Waals surface area contributed by atoms with Crippen LogP contribution in [0, 0.1) is 6.92 Å². The Kier molecular flexibility index (Phi) is 5.78. The van der Waals surface area contributed by atoms with E-state index >= 15 is 0 Å². The third kappa shape index (κ3) is 4.48. The van der Waals surface area contributed by atoms with Gasteiger partial charge in [-0.2, -0.15) is 0 Å². The van der Waals surface area contributed by atoms with E-state index in [0.717, 1.165) is 29.0 Å². The highest BCUT2D eigenvalue weighted by molar-refractivity contribution is 6.02. The summed E-state index contributed by atoms with van der Waals surface area (Å²) >= 11 is 0. The minimum atomic E-state index is -0.153. The van der Waals surface area contributed by atoms with Crippen molar-refractivity contribution in [1.29, 1.82) is 0 Å². The third-order valence-corrected chi connectivity index (χ3v) is 3.20. The van der Waals surface area contributed by atoms with Gasteiger partial charge in [0.25, 0.3) is 0 Å². The van der Waals surface area contributed by atoms with E-state index in [1.807, 2.05) is 55.5 Å². The molecule has 0 aliphatic heterocycles. The van der Waals surface area contributed by atoms with Crippen LogP contribution in [0.15, 0.2) is 54.6 Å². The number of benzene rings is 2. The van der Waals surface area contributed by atoms with E-state index in [2.05, 4.69) is 12.2 Å². The lowest BCUT2D eigenvalue weighted by atomic mass is 10.1. The van der Waals surface area contributed by atoms with Crippen molar-refractivity contribution < 1.29 is 9.53 Å². The van der Waals surface area contributed by atoms with Crippen LogP contribution in [0.2, 0.25) is 0 Å². The summed E-state index contributed by atoms with van der Waals surface area (Å²) in [6, 6.07) is 15.4. The van der Waals surface area contributed by atoms with Crippen LogP contribution in [0.5, 0.6) is 5.75 Å². The summed E-state index contributed by atoms with van der Waals surface area (Å²) in [6.45, 7) is 4.70. The standard InChI is InChI=1S/C19H21NO2/c1-3-14-22-18-11-7-5-9-16(18)12-13-19(21)20-17-10-6-4-8-15(17)2/h4-13H,3,14H2,1-2H3,(H,20,21). The van der Waals surface area contributed by atoms with Crippen molar-refractivity contribution in [3.8, 4) is 5.75 Å². The highest BCUT2D eigenvalue weighted by Crippen LogP contribution is 2.20. The summed E-state index contributed by atoms with van der Waals surface area (Å²) in [5.74, 6) is 0.642. The van der Waals surface area contributed by atoms with Gasteiger partial charge < -0.3 is 10.1 Å². The minimum Gasteiger partial charge on any atom is -0.493 e. The molecule has 0 fully saturated rings. The van der Waals surface area contributed by atoms with Crippen molar-refractivity contribution in [3.05, 3.63) is 65.7 Å². The van der Waals surface area contributed by atoms with Crippen molar-refractivity contribution >= 4 is 17.7 Å². The fraction of sp³-hybridized carbons (Fsp3) is 0.211. The number of carbonyl (C=O) groups is 1. The Hall–Kier alpha value is -2.55. The van der Waals surface area contributed by atoms with Gasteiger partial charge in [-0.3, -0.25) is 4.79 Å². The molecule has 0 saturated heterocycles. The maximum atomic E-state index is 12.0. The molecule has 0 atom stereocenters. The molecule has 0 aromatic heterocycles. The van der Waals surface area contributed by atoms with Crippen molar-refractivity contribution in [2.24, 2.45) is 0 Å². The maximum absolute atomic E-state index is 12.0. The summed E-state index contributed by atoms with van der Waals surface area (Å²) < 4.78 is 5.67. The van der Waals surface area contributed by atoms with E-state index in [4.69, 9.17) is 4.74 Å². The molecule has 22 heavy (non-hydrogen) atoms. The fourth-order valence-electron chi connectivity index (χ4n) is 2.01.